The predicted octanol–water partition coefficient (Wildman–Crippen LogP) is 3.06. The first kappa shape index (κ1) is 13.7. The molecule has 0 bridgehead atoms. The van der Waals surface area contributed by atoms with Crippen LogP contribution in [0.3, 0.4) is 0 Å². The predicted molar refractivity (Wildman–Crippen MR) is 88.6 cm³/mol. The standard InChI is InChI=1S/C14H13IN2O2S/c15-11-1-3-12(4-2-11)17-20(18,19)13-5-6-14-10(9-13)7-8-16-14/h1-6,9,16-17H,7-8H2. The fourth-order valence-electron chi connectivity index (χ4n) is 2.18. The zero-order chi connectivity index (χ0) is 14.2. The molecule has 0 unspecified atom stereocenters. The highest BCUT2D eigenvalue weighted by Gasteiger charge is 2.18. The van der Waals surface area contributed by atoms with Crippen molar-refractivity contribution >= 4 is 44.0 Å². The van der Waals surface area contributed by atoms with Crippen LogP contribution in [-0.2, 0) is 16.4 Å². The Balaban J connectivity index is 1.90. The van der Waals surface area contributed by atoms with Crippen LogP contribution in [0.25, 0.3) is 0 Å². The summed E-state index contributed by atoms with van der Waals surface area (Å²) in [5.74, 6) is 0. The van der Waals surface area contributed by atoms with Gasteiger partial charge in [0.1, 0.15) is 0 Å². The van der Waals surface area contributed by atoms with Crippen molar-refractivity contribution in [3.63, 3.8) is 0 Å². The second-order valence-corrected chi connectivity index (χ2v) is 7.54. The maximum absolute atomic E-state index is 12.4. The fourth-order valence-corrected chi connectivity index (χ4v) is 3.65. The highest BCUT2D eigenvalue weighted by molar-refractivity contribution is 14.1. The number of halogens is 1. The zero-order valence-corrected chi connectivity index (χ0v) is 13.5. The van der Waals surface area contributed by atoms with Crippen LogP contribution in [0, 0.1) is 3.57 Å². The average Bonchev–Trinajstić information content (AvgIpc) is 2.88. The van der Waals surface area contributed by atoms with E-state index in [-0.39, 0.29) is 0 Å². The Morgan fingerprint density at radius 2 is 1.85 bits per heavy atom. The molecular formula is C14H13IN2O2S. The van der Waals surface area contributed by atoms with Crippen LogP contribution in [-0.4, -0.2) is 15.0 Å². The first-order chi connectivity index (χ1) is 9.54. The van der Waals surface area contributed by atoms with Crippen LogP contribution in [0.15, 0.2) is 47.4 Å². The van der Waals surface area contributed by atoms with E-state index in [0.717, 1.165) is 27.8 Å². The Morgan fingerprint density at radius 3 is 2.60 bits per heavy atom. The molecule has 0 saturated heterocycles. The summed E-state index contributed by atoms with van der Waals surface area (Å²) in [6, 6.07) is 12.4. The second kappa shape index (κ2) is 5.25. The van der Waals surface area contributed by atoms with Crippen LogP contribution in [0.2, 0.25) is 0 Å². The lowest BCUT2D eigenvalue weighted by molar-refractivity contribution is 0.601. The first-order valence-corrected chi connectivity index (χ1v) is 8.76. The number of rotatable bonds is 3. The lowest BCUT2D eigenvalue weighted by Crippen LogP contribution is -2.13. The monoisotopic (exact) mass is 400 g/mol. The summed E-state index contributed by atoms with van der Waals surface area (Å²) in [6.07, 6.45) is 0.863. The molecule has 4 nitrogen and oxygen atoms in total. The Kier molecular flexibility index (Phi) is 3.59. The minimum Gasteiger partial charge on any atom is -0.384 e. The van der Waals surface area contributed by atoms with Gasteiger partial charge in [0.05, 0.1) is 4.90 Å². The van der Waals surface area contributed by atoms with E-state index in [1.54, 1.807) is 24.3 Å². The van der Waals surface area contributed by atoms with Gasteiger partial charge < -0.3 is 5.32 Å². The number of hydrogen-bond donors (Lipinski definition) is 2. The Hall–Kier alpha value is -1.28. The van der Waals surface area contributed by atoms with Crippen molar-refractivity contribution in [2.24, 2.45) is 0 Å². The molecule has 6 heteroatoms. The van der Waals surface area contributed by atoms with Crippen LogP contribution in [0.4, 0.5) is 11.4 Å². The topological polar surface area (TPSA) is 58.2 Å². The van der Waals surface area contributed by atoms with Gasteiger partial charge in [-0.25, -0.2) is 8.42 Å². The third-order valence-electron chi connectivity index (χ3n) is 3.19. The SMILES string of the molecule is O=S(=O)(Nc1ccc(I)cc1)c1ccc2c(c1)CCN2. The molecule has 0 spiro atoms. The molecular weight excluding hydrogens is 387 g/mol. The van der Waals surface area contributed by atoms with E-state index >= 15 is 0 Å². The Morgan fingerprint density at radius 1 is 1.10 bits per heavy atom. The molecule has 0 amide bonds. The summed E-state index contributed by atoms with van der Waals surface area (Å²) in [6.45, 7) is 0.864. The molecule has 0 aliphatic carbocycles. The van der Waals surface area contributed by atoms with E-state index in [2.05, 4.69) is 32.6 Å². The van der Waals surface area contributed by atoms with E-state index in [4.69, 9.17) is 0 Å². The largest absolute Gasteiger partial charge is 0.384 e. The molecule has 2 N–H and O–H groups in total. The molecule has 0 radical (unpaired) electrons. The van der Waals surface area contributed by atoms with Gasteiger partial charge in [0.15, 0.2) is 0 Å². The number of anilines is 2. The summed E-state index contributed by atoms with van der Waals surface area (Å²) < 4.78 is 28.4. The summed E-state index contributed by atoms with van der Waals surface area (Å²) in [5.41, 5.74) is 2.65. The van der Waals surface area contributed by atoms with Gasteiger partial charge in [-0.3, -0.25) is 4.72 Å². The van der Waals surface area contributed by atoms with Gasteiger partial charge in [0, 0.05) is 21.5 Å². The molecule has 0 saturated carbocycles. The number of benzene rings is 2. The molecule has 3 rings (SSSR count). The van der Waals surface area contributed by atoms with Gasteiger partial charge in [0.25, 0.3) is 10.0 Å². The quantitative estimate of drug-likeness (QED) is 0.779. The molecule has 0 fully saturated rings. The molecule has 1 aliphatic rings. The van der Waals surface area contributed by atoms with Crippen molar-refractivity contribution in [2.75, 3.05) is 16.6 Å². The van der Waals surface area contributed by atoms with Crippen LogP contribution in [0.1, 0.15) is 5.56 Å². The maximum atomic E-state index is 12.4. The molecule has 20 heavy (non-hydrogen) atoms. The van der Waals surface area contributed by atoms with Gasteiger partial charge >= 0.3 is 0 Å². The molecule has 104 valence electrons. The minimum atomic E-state index is -3.53. The van der Waals surface area contributed by atoms with Gasteiger partial charge in [-0.2, -0.15) is 0 Å². The summed E-state index contributed by atoms with van der Waals surface area (Å²) in [5, 5.41) is 3.22. The normalized spacial score (nSPS) is 13.7. The molecule has 1 heterocycles. The van der Waals surface area contributed by atoms with Crippen LogP contribution < -0.4 is 10.0 Å². The minimum absolute atomic E-state index is 0.304. The number of hydrogen-bond acceptors (Lipinski definition) is 3. The zero-order valence-electron chi connectivity index (χ0n) is 10.6. The van der Waals surface area contributed by atoms with Gasteiger partial charge in [-0.05, 0) is 77.0 Å². The molecule has 2 aromatic carbocycles. The molecule has 2 aromatic rings. The van der Waals surface area contributed by atoms with Crippen molar-refractivity contribution in [3.05, 3.63) is 51.6 Å². The average molecular weight is 400 g/mol. The Labute approximate surface area is 131 Å². The highest BCUT2D eigenvalue weighted by Crippen LogP contribution is 2.26. The van der Waals surface area contributed by atoms with Gasteiger partial charge in [0.2, 0.25) is 0 Å². The van der Waals surface area contributed by atoms with E-state index < -0.39 is 10.0 Å². The van der Waals surface area contributed by atoms with Gasteiger partial charge in [-0.15, -0.1) is 0 Å². The lowest BCUT2D eigenvalue weighted by Gasteiger charge is -2.09. The van der Waals surface area contributed by atoms with Crippen LogP contribution in [0.5, 0.6) is 0 Å². The van der Waals surface area contributed by atoms with Crippen LogP contribution >= 0.6 is 22.6 Å². The lowest BCUT2D eigenvalue weighted by atomic mass is 10.2. The van der Waals surface area contributed by atoms with Gasteiger partial charge in [-0.1, -0.05) is 0 Å². The third kappa shape index (κ3) is 2.76. The van der Waals surface area contributed by atoms with E-state index in [9.17, 15) is 8.42 Å². The first-order valence-electron chi connectivity index (χ1n) is 6.20. The van der Waals surface area contributed by atoms with E-state index in [0.29, 0.717) is 10.6 Å². The smallest absolute Gasteiger partial charge is 0.261 e. The van der Waals surface area contributed by atoms with Crippen molar-refractivity contribution in [1.82, 2.24) is 0 Å². The fraction of sp³-hybridized carbons (Fsp3) is 0.143. The van der Waals surface area contributed by atoms with Crippen molar-refractivity contribution in [1.29, 1.82) is 0 Å². The molecule has 0 atom stereocenters. The summed E-state index contributed by atoms with van der Waals surface area (Å²) in [4.78, 5) is 0.304. The maximum Gasteiger partial charge on any atom is 0.261 e. The highest BCUT2D eigenvalue weighted by atomic mass is 127. The third-order valence-corrected chi connectivity index (χ3v) is 5.29. The summed E-state index contributed by atoms with van der Waals surface area (Å²) >= 11 is 2.18. The van der Waals surface area contributed by atoms with Crippen molar-refractivity contribution in [3.8, 4) is 0 Å². The van der Waals surface area contributed by atoms with Crippen molar-refractivity contribution in [2.45, 2.75) is 11.3 Å². The van der Waals surface area contributed by atoms with E-state index in [1.165, 1.54) is 0 Å². The Bertz CT molecular complexity index is 742. The second-order valence-electron chi connectivity index (χ2n) is 4.61. The number of fused-ring (bicyclic) bond motifs is 1. The molecule has 1 aliphatic heterocycles. The number of nitrogens with one attached hydrogen (secondary N) is 2. The van der Waals surface area contributed by atoms with E-state index in [1.807, 2.05) is 18.2 Å². The number of sulfonamides is 1. The summed E-state index contributed by atoms with van der Waals surface area (Å²) in [7, 11) is -3.53. The molecule has 0 aromatic heterocycles. The van der Waals surface area contributed by atoms with Crippen molar-refractivity contribution < 1.29 is 8.42 Å².